The topological polar surface area (TPSA) is 52.5 Å². The van der Waals surface area contributed by atoms with E-state index in [1.54, 1.807) is 11.3 Å². The van der Waals surface area contributed by atoms with Crippen LogP contribution in [0.25, 0.3) is 5.13 Å². The Morgan fingerprint density at radius 3 is 2.62 bits per heavy atom. The molecule has 0 radical (unpaired) electrons. The van der Waals surface area contributed by atoms with Crippen LogP contribution in [0.15, 0.2) is 18.3 Å². The van der Waals surface area contributed by atoms with E-state index in [0.29, 0.717) is 0 Å². The Morgan fingerprint density at radius 1 is 1.04 bits per heavy atom. The number of hydrogen-bond donors (Lipinski definition) is 1. The third-order valence-corrected chi connectivity index (χ3v) is 6.31. The zero-order valence-corrected chi connectivity index (χ0v) is 16.4. The van der Waals surface area contributed by atoms with E-state index >= 15 is 0 Å². The Labute approximate surface area is 159 Å². The van der Waals surface area contributed by atoms with Crippen molar-refractivity contribution in [1.82, 2.24) is 29.9 Å². The molecule has 0 spiro atoms. The van der Waals surface area contributed by atoms with Crippen LogP contribution < -0.4 is 10.2 Å². The van der Waals surface area contributed by atoms with Crippen LogP contribution >= 0.6 is 11.3 Å². The standard InChI is InChI=1S/C18H29N7S/c1-22-11-13-23(14-12-22)10-6-19-15-16-5-4-9-25(16)18-21-20-17(26-18)24-7-2-3-8-24/h4-5,9,19H,2-3,6-8,10-15H2,1H3. The zero-order chi connectivity index (χ0) is 17.8. The van der Waals surface area contributed by atoms with Gasteiger partial charge in [-0.15, -0.1) is 10.2 Å². The van der Waals surface area contributed by atoms with Gasteiger partial charge in [0.25, 0.3) is 0 Å². The highest BCUT2D eigenvalue weighted by Crippen LogP contribution is 2.27. The summed E-state index contributed by atoms with van der Waals surface area (Å²) in [4.78, 5) is 7.28. The van der Waals surface area contributed by atoms with Crippen LogP contribution in [0.4, 0.5) is 5.13 Å². The molecule has 0 unspecified atom stereocenters. The van der Waals surface area contributed by atoms with Crippen LogP contribution in [0.1, 0.15) is 18.5 Å². The minimum Gasteiger partial charge on any atom is -0.347 e. The van der Waals surface area contributed by atoms with Crippen molar-refractivity contribution in [3.8, 4) is 5.13 Å². The monoisotopic (exact) mass is 375 g/mol. The molecule has 26 heavy (non-hydrogen) atoms. The molecular weight excluding hydrogens is 346 g/mol. The summed E-state index contributed by atoms with van der Waals surface area (Å²) < 4.78 is 2.17. The number of aromatic nitrogens is 3. The summed E-state index contributed by atoms with van der Waals surface area (Å²) in [5, 5.41) is 14.4. The summed E-state index contributed by atoms with van der Waals surface area (Å²) in [6, 6.07) is 4.26. The van der Waals surface area contributed by atoms with Gasteiger partial charge in [0.2, 0.25) is 10.3 Å². The van der Waals surface area contributed by atoms with Crippen molar-refractivity contribution in [2.45, 2.75) is 19.4 Å². The van der Waals surface area contributed by atoms with Gasteiger partial charge in [-0.05, 0) is 32.0 Å². The second-order valence-corrected chi connectivity index (χ2v) is 8.19. The molecule has 7 nitrogen and oxygen atoms in total. The summed E-state index contributed by atoms with van der Waals surface area (Å²) >= 11 is 1.69. The van der Waals surface area contributed by atoms with E-state index in [2.05, 4.69) is 60.2 Å². The molecule has 0 amide bonds. The Hall–Kier alpha value is -1.48. The van der Waals surface area contributed by atoms with Crippen LogP contribution in [0.5, 0.6) is 0 Å². The summed E-state index contributed by atoms with van der Waals surface area (Å²) in [6.45, 7) is 9.94. The Bertz CT molecular complexity index is 683. The van der Waals surface area contributed by atoms with Crippen LogP contribution in [0.2, 0.25) is 0 Å². The molecule has 0 aromatic carbocycles. The van der Waals surface area contributed by atoms with Gasteiger partial charge in [-0.3, -0.25) is 9.47 Å². The molecule has 0 atom stereocenters. The molecule has 2 aromatic rings. The van der Waals surface area contributed by atoms with Crippen molar-refractivity contribution in [3.63, 3.8) is 0 Å². The largest absolute Gasteiger partial charge is 0.347 e. The normalized spacial score (nSPS) is 19.5. The minimum absolute atomic E-state index is 0.860. The fourth-order valence-corrected chi connectivity index (χ4v) is 4.53. The Morgan fingerprint density at radius 2 is 1.81 bits per heavy atom. The lowest BCUT2D eigenvalue weighted by Crippen LogP contribution is -2.46. The molecule has 0 aliphatic carbocycles. The average molecular weight is 376 g/mol. The SMILES string of the molecule is CN1CCN(CCNCc2cccn2-c2nnc(N3CCCC3)s2)CC1. The van der Waals surface area contributed by atoms with E-state index in [9.17, 15) is 0 Å². The van der Waals surface area contributed by atoms with E-state index in [0.717, 1.165) is 43.0 Å². The van der Waals surface area contributed by atoms with E-state index < -0.39 is 0 Å². The van der Waals surface area contributed by atoms with Gasteiger partial charge in [0.15, 0.2) is 0 Å². The highest BCUT2D eigenvalue weighted by atomic mass is 32.1. The smallest absolute Gasteiger partial charge is 0.218 e. The summed E-state index contributed by atoms with van der Waals surface area (Å²) in [6.07, 6.45) is 4.62. The first kappa shape index (κ1) is 17.9. The number of nitrogens with zero attached hydrogens (tertiary/aromatic N) is 6. The second-order valence-electron chi connectivity index (χ2n) is 7.25. The zero-order valence-electron chi connectivity index (χ0n) is 15.6. The lowest BCUT2D eigenvalue weighted by molar-refractivity contribution is 0.154. The van der Waals surface area contributed by atoms with Crippen molar-refractivity contribution in [1.29, 1.82) is 0 Å². The molecule has 2 aromatic heterocycles. The van der Waals surface area contributed by atoms with E-state index in [4.69, 9.17) is 0 Å². The number of piperazine rings is 1. The number of likely N-dealkylation sites (N-methyl/N-ethyl adjacent to an activating group) is 1. The molecule has 1 N–H and O–H groups in total. The fraction of sp³-hybridized carbons (Fsp3) is 0.667. The summed E-state index contributed by atoms with van der Waals surface area (Å²) in [5.41, 5.74) is 1.24. The van der Waals surface area contributed by atoms with E-state index in [1.807, 2.05) is 0 Å². The van der Waals surface area contributed by atoms with Gasteiger partial charge in [0.1, 0.15) is 0 Å². The van der Waals surface area contributed by atoms with Gasteiger partial charge in [-0.25, -0.2) is 0 Å². The first-order chi connectivity index (χ1) is 12.8. The van der Waals surface area contributed by atoms with Crippen molar-refractivity contribution < 1.29 is 0 Å². The van der Waals surface area contributed by atoms with Gasteiger partial charge in [-0.1, -0.05) is 11.3 Å². The van der Waals surface area contributed by atoms with Crippen molar-refractivity contribution in [3.05, 3.63) is 24.0 Å². The van der Waals surface area contributed by atoms with Crippen LogP contribution in [0, 0.1) is 0 Å². The number of anilines is 1. The molecule has 8 heteroatoms. The van der Waals surface area contributed by atoms with Crippen molar-refractivity contribution in [2.75, 3.05) is 64.3 Å². The van der Waals surface area contributed by atoms with Gasteiger partial charge in [0.05, 0.1) is 0 Å². The van der Waals surface area contributed by atoms with Crippen LogP contribution in [0.3, 0.4) is 0 Å². The molecule has 0 saturated carbocycles. The number of nitrogens with one attached hydrogen (secondary N) is 1. The van der Waals surface area contributed by atoms with E-state index in [1.165, 1.54) is 44.7 Å². The fourth-order valence-electron chi connectivity index (χ4n) is 3.61. The predicted molar refractivity (Wildman–Crippen MR) is 106 cm³/mol. The van der Waals surface area contributed by atoms with E-state index in [-0.39, 0.29) is 0 Å². The molecule has 4 rings (SSSR count). The summed E-state index contributed by atoms with van der Waals surface area (Å²) in [7, 11) is 2.20. The van der Waals surface area contributed by atoms with Crippen LogP contribution in [-0.2, 0) is 6.54 Å². The van der Waals surface area contributed by atoms with Gasteiger partial charge in [0, 0.05) is 70.8 Å². The molecule has 4 heterocycles. The lowest BCUT2D eigenvalue weighted by Gasteiger charge is -2.32. The first-order valence-corrected chi connectivity index (χ1v) is 10.5. The first-order valence-electron chi connectivity index (χ1n) is 9.66. The Kier molecular flexibility index (Phi) is 5.84. The van der Waals surface area contributed by atoms with Crippen molar-refractivity contribution >= 4 is 16.5 Å². The molecule has 2 aliphatic heterocycles. The molecule has 2 aliphatic rings. The third-order valence-electron chi connectivity index (χ3n) is 5.33. The highest BCUT2D eigenvalue weighted by Gasteiger charge is 2.18. The minimum atomic E-state index is 0.860. The van der Waals surface area contributed by atoms with Crippen LogP contribution in [-0.4, -0.2) is 84.0 Å². The second kappa shape index (κ2) is 8.47. The maximum Gasteiger partial charge on any atom is 0.218 e. The number of rotatable bonds is 7. The van der Waals surface area contributed by atoms with Gasteiger partial charge < -0.3 is 15.1 Å². The predicted octanol–water partition coefficient (Wildman–Crippen LogP) is 1.27. The molecule has 142 valence electrons. The maximum atomic E-state index is 4.42. The number of hydrogen-bond acceptors (Lipinski definition) is 7. The maximum absolute atomic E-state index is 4.42. The molecule has 2 fully saturated rings. The average Bonchev–Trinajstić information content (AvgIpc) is 3.40. The quantitative estimate of drug-likeness (QED) is 0.736. The summed E-state index contributed by atoms with van der Waals surface area (Å²) in [5.74, 6) is 0. The molecular formula is C18H29N7S. The molecule has 0 bridgehead atoms. The lowest BCUT2D eigenvalue weighted by atomic mass is 10.3. The van der Waals surface area contributed by atoms with Gasteiger partial charge >= 0.3 is 0 Å². The Balaban J connectivity index is 1.28. The van der Waals surface area contributed by atoms with Crippen molar-refractivity contribution in [2.24, 2.45) is 0 Å². The molecule has 2 saturated heterocycles. The third kappa shape index (κ3) is 4.25. The highest BCUT2D eigenvalue weighted by molar-refractivity contribution is 7.17. The van der Waals surface area contributed by atoms with Gasteiger partial charge in [-0.2, -0.15) is 0 Å².